The molecule has 5 heterocycles. The lowest BCUT2D eigenvalue weighted by molar-refractivity contribution is 0.668. The summed E-state index contributed by atoms with van der Waals surface area (Å²) in [6.45, 7) is 0. The van der Waals surface area contributed by atoms with Gasteiger partial charge in [0.1, 0.15) is 22.3 Å². The third kappa shape index (κ3) is 5.85. The summed E-state index contributed by atoms with van der Waals surface area (Å²) in [4.78, 5) is 15.4. The first-order valence-electron chi connectivity index (χ1n) is 23.5. The van der Waals surface area contributed by atoms with Crippen LogP contribution in [0.25, 0.3) is 144 Å². The lowest BCUT2D eigenvalue weighted by Crippen LogP contribution is -2.00. The Morgan fingerprint density at radius 2 is 0.786 bits per heavy atom. The predicted molar refractivity (Wildman–Crippen MR) is 285 cm³/mol. The standard InChI is InChI=1S/C63H37N5O2/c1-3-14-38(15-4-1)61-64-62(41-26-30-47-46-20-9-12-24-56(46)69-58(47)36-41)66-63(65-61)49-21-13-25-57-60(49)48-31-29-43(37-59(48)70-57)68-53-23-11-8-19-45(53)51-35-40(28-33-55(51)68)39-27-32-54-50(34-39)44-18-7-10-22-52(44)67(54)42-16-5-2-6-17-42/h1-37H. The van der Waals surface area contributed by atoms with Crippen molar-refractivity contribution in [3.63, 3.8) is 0 Å². The van der Waals surface area contributed by atoms with Crippen LogP contribution in [0.3, 0.4) is 0 Å². The van der Waals surface area contributed by atoms with Gasteiger partial charge in [-0.15, -0.1) is 0 Å². The van der Waals surface area contributed by atoms with E-state index < -0.39 is 0 Å². The summed E-state index contributed by atoms with van der Waals surface area (Å²) in [5.41, 5.74) is 14.9. The number of hydrogen-bond acceptors (Lipinski definition) is 5. The van der Waals surface area contributed by atoms with E-state index in [1.165, 1.54) is 43.7 Å². The zero-order valence-electron chi connectivity index (χ0n) is 37.4. The molecular formula is C63H37N5O2. The summed E-state index contributed by atoms with van der Waals surface area (Å²) in [6.07, 6.45) is 0. The summed E-state index contributed by atoms with van der Waals surface area (Å²) >= 11 is 0. The number of fused-ring (bicyclic) bond motifs is 12. The van der Waals surface area contributed by atoms with Gasteiger partial charge >= 0.3 is 0 Å². The minimum atomic E-state index is 0.559. The average Bonchev–Trinajstić information content (AvgIpc) is 4.18. The second-order valence-corrected chi connectivity index (χ2v) is 17.9. The van der Waals surface area contributed by atoms with Gasteiger partial charge in [0.2, 0.25) is 0 Å². The van der Waals surface area contributed by atoms with E-state index in [4.69, 9.17) is 23.8 Å². The quantitative estimate of drug-likeness (QED) is 0.166. The van der Waals surface area contributed by atoms with Gasteiger partial charge in [-0.2, -0.15) is 0 Å². The third-order valence-corrected chi connectivity index (χ3v) is 14.0. The van der Waals surface area contributed by atoms with Gasteiger partial charge in [-0.3, -0.25) is 0 Å². The highest BCUT2D eigenvalue weighted by atomic mass is 16.3. The maximum absolute atomic E-state index is 6.76. The molecule has 0 saturated heterocycles. The van der Waals surface area contributed by atoms with Crippen LogP contribution in [0.1, 0.15) is 0 Å². The van der Waals surface area contributed by atoms with Gasteiger partial charge in [-0.25, -0.2) is 15.0 Å². The Morgan fingerprint density at radius 1 is 0.271 bits per heavy atom. The van der Waals surface area contributed by atoms with Crippen LogP contribution in [0.15, 0.2) is 233 Å². The average molecular weight is 896 g/mol. The molecule has 0 aliphatic rings. The molecule has 0 bridgehead atoms. The van der Waals surface area contributed by atoms with Crippen LogP contribution in [0, 0.1) is 0 Å². The van der Waals surface area contributed by atoms with E-state index in [9.17, 15) is 0 Å². The molecule has 7 heteroatoms. The molecule has 15 rings (SSSR count). The van der Waals surface area contributed by atoms with Gasteiger partial charge in [0.15, 0.2) is 17.5 Å². The SMILES string of the molecule is c1ccc(-c2nc(-c3ccc4c(c3)oc3ccccc34)nc(-c3cccc4oc5cc(-n6c7ccccc7c7cc(-c8ccc9c(c8)c8ccccc8n9-c8ccccc8)ccc76)ccc5c34)n2)cc1. The summed E-state index contributed by atoms with van der Waals surface area (Å²) in [6, 6.07) is 78.7. The molecule has 0 unspecified atom stereocenters. The van der Waals surface area contributed by atoms with Gasteiger partial charge in [-0.05, 0) is 96.1 Å². The van der Waals surface area contributed by atoms with E-state index in [-0.39, 0.29) is 0 Å². The Kier molecular flexibility index (Phi) is 8.23. The molecule has 70 heavy (non-hydrogen) atoms. The lowest BCUT2D eigenvalue weighted by atomic mass is 10.0. The predicted octanol–water partition coefficient (Wildman–Crippen LogP) is 16.5. The third-order valence-electron chi connectivity index (χ3n) is 14.0. The molecule has 326 valence electrons. The van der Waals surface area contributed by atoms with Crippen molar-refractivity contribution < 1.29 is 8.83 Å². The first kappa shape index (κ1) is 38.5. The minimum absolute atomic E-state index is 0.559. The van der Waals surface area contributed by atoms with Crippen molar-refractivity contribution in [2.45, 2.75) is 0 Å². The highest BCUT2D eigenvalue weighted by Crippen LogP contribution is 2.42. The van der Waals surface area contributed by atoms with E-state index in [2.05, 4.69) is 167 Å². The first-order valence-corrected chi connectivity index (χ1v) is 23.5. The summed E-state index contributed by atoms with van der Waals surface area (Å²) in [5.74, 6) is 1.71. The van der Waals surface area contributed by atoms with Crippen molar-refractivity contribution in [3.8, 4) is 56.7 Å². The highest BCUT2D eigenvalue weighted by molar-refractivity contribution is 6.15. The molecule has 0 atom stereocenters. The molecular weight excluding hydrogens is 859 g/mol. The molecule has 7 nitrogen and oxygen atoms in total. The van der Waals surface area contributed by atoms with E-state index >= 15 is 0 Å². The van der Waals surface area contributed by atoms with Crippen molar-refractivity contribution in [1.82, 2.24) is 24.1 Å². The van der Waals surface area contributed by atoms with Crippen LogP contribution >= 0.6 is 0 Å². The Morgan fingerprint density at radius 3 is 1.51 bits per heavy atom. The van der Waals surface area contributed by atoms with Gasteiger partial charge in [0.05, 0.1) is 22.1 Å². The molecule has 0 N–H and O–H groups in total. The van der Waals surface area contributed by atoms with Gasteiger partial charge in [0.25, 0.3) is 0 Å². The maximum atomic E-state index is 6.76. The fourth-order valence-electron chi connectivity index (χ4n) is 10.8. The van der Waals surface area contributed by atoms with Crippen LogP contribution in [0.5, 0.6) is 0 Å². The molecule has 10 aromatic carbocycles. The molecule has 5 aromatic heterocycles. The highest BCUT2D eigenvalue weighted by Gasteiger charge is 2.21. The molecule has 0 spiro atoms. The van der Waals surface area contributed by atoms with E-state index in [0.29, 0.717) is 17.5 Å². The fourth-order valence-corrected chi connectivity index (χ4v) is 10.8. The van der Waals surface area contributed by atoms with Crippen molar-refractivity contribution in [2.75, 3.05) is 0 Å². The molecule has 0 aliphatic carbocycles. The van der Waals surface area contributed by atoms with Crippen LogP contribution < -0.4 is 0 Å². The summed E-state index contributed by atoms with van der Waals surface area (Å²) in [5, 5.41) is 8.90. The second kappa shape index (κ2) is 15.0. The Hall–Kier alpha value is -9.59. The van der Waals surface area contributed by atoms with Crippen LogP contribution in [0.2, 0.25) is 0 Å². The number of benzene rings is 10. The van der Waals surface area contributed by atoms with E-state index in [0.717, 1.165) is 83.0 Å². The molecule has 0 amide bonds. The van der Waals surface area contributed by atoms with Gasteiger partial charge < -0.3 is 18.0 Å². The molecule has 0 aliphatic heterocycles. The monoisotopic (exact) mass is 895 g/mol. The fraction of sp³-hybridized carbons (Fsp3) is 0. The second-order valence-electron chi connectivity index (χ2n) is 17.9. The Balaban J connectivity index is 0.854. The van der Waals surface area contributed by atoms with E-state index in [1.54, 1.807) is 0 Å². The zero-order chi connectivity index (χ0) is 45.9. The molecule has 0 radical (unpaired) electrons. The normalized spacial score (nSPS) is 12.0. The van der Waals surface area contributed by atoms with Crippen molar-refractivity contribution in [1.29, 1.82) is 0 Å². The van der Waals surface area contributed by atoms with Crippen LogP contribution in [-0.2, 0) is 0 Å². The Labute approximate surface area is 399 Å². The Bertz CT molecular complexity index is 4600. The van der Waals surface area contributed by atoms with Crippen LogP contribution in [0.4, 0.5) is 0 Å². The lowest BCUT2D eigenvalue weighted by Gasteiger charge is -2.10. The molecule has 15 aromatic rings. The topological polar surface area (TPSA) is 74.8 Å². The summed E-state index contributed by atoms with van der Waals surface area (Å²) in [7, 11) is 0. The number of furan rings is 2. The van der Waals surface area contributed by atoms with Gasteiger partial charge in [-0.1, -0.05) is 133 Å². The van der Waals surface area contributed by atoms with Crippen molar-refractivity contribution >= 4 is 87.5 Å². The van der Waals surface area contributed by atoms with Crippen LogP contribution in [-0.4, -0.2) is 24.1 Å². The zero-order valence-corrected chi connectivity index (χ0v) is 37.4. The van der Waals surface area contributed by atoms with Gasteiger partial charge in [0, 0.05) is 77.2 Å². The number of aromatic nitrogens is 5. The van der Waals surface area contributed by atoms with E-state index in [1.807, 2.05) is 66.7 Å². The first-order chi connectivity index (χ1) is 34.7. The smallest absolute Gasteiger partial charge is 0.164 e. The largest absolute Gasteiger partial charge is 0.456 e. The van der Waals surface area contributed by atoms with Crippen molar-refractivity contribution in [2.24, 2.45) is 0 Å². The molecule has 0 saturated carbocycles. The number of para-hydroxylation sites is 4. The molecule has 0 fully saturated rings. The number of hydrogen-bond donors (Lipinski definition) is 0. The summed E-state index contributed by atoms with van der Waals surface area (Å²) < 4.78 is 17.8. The number of rotatable bonds is 6. The maximum Gasteiger partial charge on any atom is 0.164 e. The van der Waals surface area contributed by atoms with Crippen molar-refractivity contribution in [3.05, 3.63) is 224 Å². The minimum Gasteiger partial charge on any atom is -0.456 e. The number of nitrogens with zero attached hydrogens (tertiary/aromatic N) is 5.